The average Bonchev–Trinajstić information content (AvgIpc) is 2.42. The van der Waals surface area contributed by atoms with Gasteiger partial charge in [0.05, 0.1) is 5.39 Å². The maximum Gasteiger partial charge on any atom is 0.348 e. The molecule has 0 radical (unpaired) electrons. The molecule has 1 N–H and O–H groups in total. The minimum Gasteiger partial charge on any atom is -0.506 e. The maximum atomic E-state index is 12.2. The monoisotopic (exact) mass is 266 g/mol. The number of benzene rings is 2. The zero-order chi connectivity index (χ0) is 14.3. The van der Waals surface area contributed by atoms with E-state index in [4.69, 9.17) is 4.42 Å². The Bertz CT molecular complexity index is 860. The molecule has 0 atom stereocenters. The van der Waals surface area contributed by atoms with Crippen LogP contribution in [0.15, 0.2) is 51.7 Å². The molecule has 0 fully saturated rings. The summed E-state index contributed by atoms with van der Waals surface area (Å²) < 4.78 is 5.40. The number of aromatic hydroxyl groups is 1. The van der Waals surface area contributed by atoms with Crippen molar-refractivity contribution in [2.24, 2.45) is 0 Å². The Kier molecular flexibility index (Phi) is 2.83. The van der Waals surface area contributed by atoms with Crippen LogP contribution in [0.3, 0.4) is 0 Å². The lowest BCUT2D eigenvalue weighted by atomic mass is 9.99. The number of para-hydroxylation sites is 1. The zero-order valence-electron chi connectivity index (χ0n) is 11.3. The third-order valence-corrected chi connectivity index (χ3v) is 3.52. The molecule has 1 aromatic heterocycles. The molecule has 0 amide bonds. The van der Waals surface area contributed by atoms with Gasteiger partial charge in [-0.2, -0.15) is 0 Å². The van der Waals surface area contributed by atoms with Crippen LogP contribution in [0, 0.1) is 13.8 Å². The second-order valence-corrected chi connectivity index (χ2v) is 4.88. The number of aryl methyl sites for hydroxylation is 2. The quantitative estimate of drug-likeness (QED) is 0.682. The molecule has 2 aromatic carbocycles. The Morgan fingerprint density at radius 1 is 0.950 bits per heavy atom. The van der Waals surface area contributed by atoms with Gasteiger partial charge < -0.3 is 9.52 Å². The highest BCUT2D eigenvalue weighted by Gasteiger charge is 2.17. The van der Waals surface area contributed by atoms with Gasteiger partial charge in [0.15, 0.2) is 0 Å². The Balaban J connectivity index is 2.45. The summed E-state index contributed by atoms with van der Waals surface area (Å²) in [6, 6.07) is 12.9. The normalized spacial score (nSPS) is 10.9. The van der Waals surface area contributed by atoms with Crippen LogP contribution in [0.5, 0.6) is 5.75 Å². The molecule has 0 aliphatic carbocycles. The molecule has 3 heteroatoms. The molecular formula is C17H14O3. The van der Waals surface area contributed by atoms with Crippen molar-refractivity contribution in [3.63, 3.8) is 0 Å². The van der Waals surface area contributed by atoms with Gasteiger partial charge in [-0.25, -0.2) is 4.79 Å². The summed E-state index contributed by atoms with van der Waals surface area (Å²) in [6.07, 6.45) is 0. The van der Waals surface area contributed by atoms with E-state index in [0.29, 0.717) is 16.5 Å². The van der Waals surface area contributed by atoms with E-state index in [1.54, 1.807) is 6.07 Å². The van der Waals surface area contributed by atoms with Gasteiger partial charge in [0.25, 0.3) is 0 Å². The van der Waals surface area contributed by atoms with Gasteiger partial charge in [-0.3, -0.25) is 0 Å². The van der Waals surface area contributed by atoms with E-state index in [2.05, 4.69) is 0 Å². The van der Waals surface area contributed by atoms with Crippen LogP contribution in [0.1, 0.15) is 11.1 Å². The van der Waals surface area contributed by atoms with Crippen LogP contribution in [0.4, 0.5) is 0 Å². The van der Waals surface area contributed by atoms with Crippen molar-refractivity contribution in [1.82, 2.24) is 0 Å². The fourth-order valence-electron chi connectivity index (χ4n) is 2.44. The second kappa shape index (κ2) is 4.53. The SMILES string of the molecule is Cc1ccccc1-c1c(O)c2cccc(C)c2oc1=O. The first kappa shape index (κ1) is 12.5. The van der Waals surface area contributed by atoms with E-state index >= 15 is 0 Å². The molecule has 0 aliphatic rings. The van der Waals surface area contributed by atoms with Gasteiger partial charge in [0, 0.05) is 0 Å². The van der Waals surface area contributed by atoms with Crippen LogP contribution >= 0.6 is 0 Å². The van der Waals surface area contributed by atoms with Crippen molar-refractivity contribution in [2.45, 2.75) is 13.8 Å². The predicted molar refractivity (Wildman–Crippen MR) is 79.1 cm³/mol. The van der Waals surface area contributed by atoms with Gasteiger partial charge in [-0.15, -0.1) is 0 Å². The summed E-state index contributed by atoms with van der Waals surface area (Å²) in [4.78, 5) is 12.2. The van der Waals surface area contributed by atoms with E-state index in [1.807, 2.05) is 50.2 Å². The number of rotatable bonds is 1. The van der Waals surface area contributed by atoms with E-state index in [-0.39, 0.29) is 11.3 Å². The molecule has 3 nitrogen and oxygen atoms in total. The molecule has 0 saturated heterocycles. The lowest BCUT2D eigenvalue weighted by Crippen LogP contribution is -2.05. The Morgan fingerprint density at radius 3 is 2.40 bits per heavy atom. The second-order valence-electron chi connectivity index (χ2n) is 4.88. The van der Waals surface area contributed by atoms with Crippen LogP contribution in [-0.2, 0) is 0 Å². The number of fused-ring (bicyclic) bond motifs is 1. The fraction of sp³-hybridized carbons (Fsp3) is 0.118. The predicted octanol–water partition coefficient (Wildman–Crippen LogP) is 3.78. The molecule has 0 aliphatic heterocycles. The minimum absolute atomic E-state index is 0.0192. The highest BCUT2D eigenvalue weighted by Crippen LogP contribution is 2.35. The molecule has 1 heterocycles. The topological polar surface area (TPSA) is 50.4 Å². The largest absolute Gasteiger partial charge is 0.506 e. The first-order valence-corrected chi connectivity index (χ1v) is 6.41. The zero-order valence-corrected chi connectivity index (χ0v) is 11.3. The van der Waals surface area contributed by atoms with Gasteiger partial charge >= 0.3 is 5.63 Å². The van der Waals surface area contributed by atoms with Crippen molar-refractivity contribution in [3.05, 3.63) is 64.0 Å². The first-order chi connectivity index (χ1) is 9.59. The van der Waals surface area contributed by atoms with Crippen molar-refractivity contribution in [3.8, 4) is 16.9 Å². The standard InChI is InChI=1S/C17H14O3/c1-10-6-3-4-8-12(10)14-15(18)13-9-5-7-11(2)16(13)20-17(14)19/h3-9,18H,1-2H3. The summed E-state index contributed by atoms with van der Waals surface area (Å²) in [5.41, 5.74) is 2.59. The van der Waals surface area contributed by atoms with Crippen LogP contribution in [0.25, 0.3) is 22.1 Å². The molecule has 0 unspecified atom stereocenters. The molecule has 0 saturated carbocycles. The van der Waals surface area contributed by atoms with E-state index < -0.39 is 5.63 Å². The van der Waals surface area contributed by atoms with Crippen molar-refractivity contribution in [2.75, 3.05) is 0 Å². The molecule has 100 valence electrons. The summed E-state index contributed by atoms with van der Waals surface area (Å²) in [7, 11) is 0. The molecule has 3 aromatic rings. The highest BCUT2D eigenvalue weighted by molar-refractivity contribution is 5.92. The molecule has 0 bridgehead atoms. The smallest absolute Gasteiger partial charge is 0.348 e. The van der Waals surface area contributed by atoms with E-state index in [1.165, 1.54) is 0 Å². The molecule has 3 rings (SSSR count). The Hall–Kier alpha value is -2.55. The van der Waals surface area contributed by atoms with E-state index in [0.717, 1.165) is 11.1 Å². The maximum absolute atomic E-state index is 12.2. The summed E-state index contributed by atoms with van der Waals surface area (Å²) in [6.45, 7) is 3.74. The van der Waals surface area contributed by atoms with Crippen LogP contribution in [0.2, 0.25) is 0 Å². The number of hydrogen-bond donors (Lipinski definition) is 1. The number of hydrogen-bond acceptors (Lipinski definition) is 3. The third kappa shape index (κ3) is 1.79. The third-order valence-electron chi connectivity index (χ3n) is 3.52. The van der Waals surface area contributed by atoms with Crippen LogP contribution < -0.4 is 5.63 Å². The average molecular weight is 266 g/mol. The molecule has 20 heavy (non-hydrogen) atoms. The van der Waals surface area contributed by atoms with Crippen molar-refractivity contribution < 1.29 is 9.52 Å². The minimum atomic E-state index is -0.515. The van der Waals surface area contributed by atoms with Crippen molar-refractivity contribution >= 4 is 11.0 Å². The van der Waals surface area contributed by atoms with Gasteiger partial charge in [0.1, 0.15) is 16.9 Å². The summed E-state index contributed by atoms with van der Waals surface area (Å²) in [5.74, 6) is -0.0192. The van der Waals surface area contributed by atoms with E-state index in [9.17, 15) is 9.90 Å². The molecular weight excluding hydrogens is 252 g/mol. The van der Waals surface area contributed by atoms with Gasteiger partial charge in [-0.05, 0) is 36.6 Å². The fourth-order valence-corrected chi connectivity index (χ4v) is 2.44. The summed E-state index contributed by atoms with van der Waals surface area (Å²) >= 11 is 0. The van der Waals surface area contributed by atoms with Gasteiger partial charge in [0.2, 0.25) is 0 Å². The Labute approximate surface area is 116 Å². The highest BCUT2D eigenvalue weighted by atomic mass is 16.4. The first-order valence-electron chi connectivity index (χ1n) is 6.41. The lowest BCUT2D eigenvalue weighted by Gasteiger charge is -2.09. The van der Waals surface area contributed by atoms with Crippen molar-refractivity contribution in [1.29, 1.82) is 0 Å². The molecule has 0 spiro atoms. The summed E-state index contributed by atoms with van der Waals surface area (Å²) in [5, 5.41) is 11.0. The Morgan fingerprint density at radius 2 is 1.65 bits per heavy atom. The van der Waals surface area contributed by atoms with Crippen LogP contribution in [-0.4, -0.2) is 5.11 Å². The lowest BCUT2D eigenvalue weighted by molar-refractivity contribution is 0.471. The van der Waals surface area contributed by atoms with Gasteiger partial charge in [-0.1, -0.05) is 36.4 Å².